The lowest BCUT2D eigenvalue weighted by Gasteiger charge is -2.09. The van der Waals surface area contributed by atoms with E-state index in [0.717, 1.165) is 40.3 Å². The van der Waals surface area contributed by atoms with E-state index >= 15 is 0 Å². The van der Waals surface area contributed by atoms with Crippen LogP contribution >= 0.6 is 0 Å². The largest absolute Gasteiger partial charge is 0.250 e. The zero-order valence-electron chi connectivity index (χ0n) is 14.5. The molecule has 0 atom stereocenters. The van der Waals surface area contributed by atoms with Gasteiger partial charge in [0.05, 0.1) is 22.8 Å². The lowest BCUT2D eigenvalue weighted by molar-refractivity contribution is 1.39. The van der Waals surface area contributed by atoms with Crippen molar-refractivity contribution in [1.82, 2.24) is 0 Å². The van der Waals surface area contributed by atoms with Crippen LogP contribution in [0, 0.1) is 13.8 Å². The summed E-state index contributed by atoms with van der Waals surface area (Å²) < 4.78 is 0. The molecule has 1 heterocycles. The molecule has 3 aromatic carbocycles. The summed E-state index contributed by atoms with van der Waals surface area (Å²) in [4.78, 5) is 9.90. The first-order valence-electron chi connectivity index (χ1n) is 8.57. The zero-order chi connectivity index (χ0) is 17.2. The summed E-state index contributed by atoms with van der Waals surface area (Å²) in [7, 11) is 0. The van der Waals surface area contributed by atoms with Crippen molar-refractivity contribution in [3.8, 4) is 0 Å². The van der Waals surface area contributed by atoms with Gasteiger partial charge in [0.1, 0.15) is 0 Å². The van der Waals surface area contributed by atoms with Gasteiger partial charge in [-0.15, -0.1) is 0 Å². The summed E-state index contributed by atoms with van der Waals surface area (Å²) in [6.45, 7) is 4.23. The van der Waals surface area contributed by atoms with Gasteiger partial charge in [-0.1, -0.05) is 71.8 Å². The molecule has 0 bridgehead atoms. The quantitative estimate of drug-likeness (QED) is 0.556. The third kappa shape index (κ3) is 3.29. The standard InChI is InChI=1S/C23H20N2/c1-16-7-5-9-18(13-16)22-15-23(19-10-6-8-17(2)14-19)25-21-12-4-3-11-20(21)24-22/h3-14H,15H2,1-2H3. The Morgan fingerprint density at radius 2 is 1.08 bits per heavy atom. The van der Waals surface area contributed by atoms with Crippen molar-refractivity contribution < 1.29 is 0 Å². The number of rotatable bonds is 2. The average Bonchev–Trinajstić information content (AvgIpc) is 2.81. The van der Waals surface area contributed by atoms with E-state index in [4.69, 9.17) is 9.98 Å². The Morgan fingerprint density at radius 3 is 1.52 bits per heavy atom. The first-order chi connectivity index (χ1) is 12.2. The Balaban J connectivity index is 1.88. The smallest absolute Gasteiger partial charge is 0.0889 e. The van der Waals surface area contributed by atoms with E-state index in [9.17, 15) is 0 Å². The fraction of sp³-hybridized carbons (Fsp3) is 0.130. The molecule has 1 aliphatic rings. The number of para-hydroxylation sites is 2. The van der Waals surface area contributed by atoms with Gasteiger partial charge in [-0.05, 0) is 37.1 Å². The second kappa shape index (κ2) is 6.48. The molecule has 4 rings (SSSR count). The molecule has 2 heteroatoms. The van der Waals surface area contributed by atoms with Crippen molar-refractivity contribution in [3.05, 3.63) is 95.1 Å². The predicted molar refractivity (Wildman–Crippen MR) is 106 cm³/mol. The molecule has 0 unspecified atom stereocenters. The van der Waals surface area contributed by atoms with Crippen LogP contribution in [0.5, 0.6) is 0 Å². The number of nitrogens with zero attached hydrogens (tertiary/aromatic N) is 2. The Labute approximate surface area is 148 Å². The lowest BCUT2D eigenvalue weighted by Crippen LogP contribution is -2.10. The van der Waals surface area contributed by atoms with Crippen LogP contribution in [0.25, 0.3) is 0 Å². The fourth-order valence-electron chi connectivity index (χ4n) is 3.16. The average molecular weight is 324 g/mol. The molecule has 0 radical (unpaired) electrons. The number of hydrogen-bond donors (Lipinski definition) is 0. The SMILES string of the molecule is Cc1cccc(C2=Nc3ccccc3N=C(c3cccc(C)c3)C2)c1. The lowest BCUT2D eigenvalue weighted by atomic mass is 9.98. The third-order valence-corrected chi connectivity index (χ3v) is 4.43. The van der Waals surface area contributed by atoms with Gasteiger partial charge in [0.15, 0.2) is 0 Å². The van der Waals surface area contributed by atoms with Crippen LogP contribution in [-0.2, 0) is 0 Å². The summed E-state index contributed by atoms with van der Waals surface area (Å²) in [5.41, 5.74) is 8.80. The van der Waals surface area contributed by atoms with E-state index in [0.29, 0.717) is 0 Å². The van der Waals surface area contributed by atoms with Gasteiger partial charge in [0.25, 0.3) is 0 Å². The fourth-order valence-corrected chi connectivity index (χ4v) is 3.16. The van der Waals surface area contributed by atoms with Crippen LogP contribution in [0.2, 0.25) is 0 Å². The summed E-state index contributed by atoms with van der Waals surface area (Å²) in [6, 6.07) is 25.2. The summed E-state index contributed by atoms with van der Waals surface area (Å²) in [6.07, 6.45) is 0.724. The van der Waals surface area contributed by atoms with Crippen LogP contribution in [0.4, 0.5) is 11.4 Å². The topological polar surface area (TPSA) is 24.7 Å². The van der Waals surface area contributed by atoms with E-state index in [1.165, 1.54) is 11.1 Å². The van der Waals surface area contributed by atoms with Gasteiger partial charge in [0.2, 0.25) is 0 Å². The van der Waals surface area contributed by atoms with E-state index in [1.54, 1.807) is 0 Å². The second-order valence-corrected chi connectivity index (χ2v) is 6.52. The Bertz CT molecular complexity index is 916. The maximum atomic E-state index is 4.95. The van der Waals surface area contributed by atoms with Crippen molar-refractivity contribution in [2.24, 2.45) is 9.98 Å². The van der Waals surface area contributed by atoms with Crippen molar-refractivity contribution in [2.75, 3.05) is 0 Å². The molecule has 0 N–H and O–H groups in total. The van der Waals surface area contributed by atoms with Gasteiger partial charge >= 0.3 is 0 Å². The maximum absolute atomic E-state index is 4.95. The van der Waals surface area contributed by atoms with Crippen LogP contribution in [-0.4, -0.2) is 11.4 Å². The molecule has 0 aromatic heterocycles. The molecular formula is C23H20N2. The first kappa shape index (κ1) is 15.5. The number of hydrogen-bond acceptors (Lipinski definition) is 2. The molecule has 0 amide bonds. The van der Waals surface area contributed by atoms with E-state index < -0.39 is 0 Å². The van der Waals surface area contributed by atoms with Crippen molar-refractivity contribution in [2.45, 2.75) is 20.3 Å². The molecule has 25 heavy (non-hydrogen) atoms. The van der Waals surface area contributed by atoms with Gasteiger partial charge in [-0.2, -0.15) is 0 Å². The van der Waals surface area contributed by atoms with Crippen LogP contribution < -0.4 is 0 Å². The van der Waals surface area contributed by atoms with E-state index in [-0.39, 0.29) is 0 Å². The highest BCUT2D eigenvalue weighted by Gasteiger charge is 2.16. The van der Waals surface area contributed by atoms with Crippen molar-refractivity contribution >= 4 is 22.8 Å². The number of aliphatic imine (C=N–C) groups is 2. The van der Waals surface area contributed by atoms with Crippen LogP contribution in [0.1, 0.15) is 28.7 Å². The molecular weight excluding hydrogens is 304 g/mol. The zero-order valence-corrected chi connectivity index (χ0v) is 14.5. The number of benzene rings is 3. The molecule has 0 fully saturated rings. The molecule has 3 aromatic rings. The van der Waals surface area contributed by atoms with E-state index in [2.05, 4.69) is 62.4 Å². The van der Waals surface area contributed by atoms with Crippen LogP contribution in [0.3, 0.4) is 0 Å². The molecule has 2 nitrogen and oxygen atoms in total. The van der Waals surface area contributed by atoms with Crippen molar-refractivity contribution in [1.29, 1.82) is 0 Å². The Morgan fingerprint density at radius 1 is 0.600 bits per heavy atom. The predicted octanol–water partition coefficient (Wildman–Crippen LogP) is 5.95. The number of fused-ring (bicyclic) bond motifs is 1. The van der Waals surface area contributed by atoms with Gasteiger partial charge < -0.3 is 0 Å². The first-order valence-corrected chi connectivity index (χ1v) is 8.57. The minimum Gasteiger partial charge on any atom is -0.250 e. The van der Waals surface area contributed by atoms with Gasteiger partial charge in [0, 0.05) is 6.42 Å². The Kier molecular flexibility index (Phi) is 4.02. The Hall–Kier alpha value is -3.00. The third-order valence-electron chi connectivity index (χ3n) is 4.43. The summed E-state index contributed by atoms with van der Waals surface area (Å²) in [5.74, 6) is 0. The van der Waals surface area contributed by atoms with Gasteiger partial charge in [-0.25, -0.2) is 0 Å². The summed E-state index contributed by atoms with van der Waals surface area (Å²) >= 11 is 0. The highest BCUT2D eigenvalue weighted by molar-refractivity contribution is 6.20. The van der Waals surface area contributed by atoms with Crippen LogP contribution in [0.15, 0.2) is 82.8 Å². The summed E-state index contributed by atoms with van der Waals surface area (Å²) in [5, 5.41) is 0. The van der Waals surface area contributed by atoms with Crippen molar-refractivity contribution in [3.63, 3.8) is 0 Å². The normalized spacial score (nSPS) is 13.5. The minimum absolute atomic E-state index is 0.724. The highest BCUT2D eigenvalue weighted by atomic mass is 14.9. The highest BCUT2D eigenvalue weighted by Crippen LogP contribution is 2.32. The minimum atomic E-state index is 0.724. The monoisotopic (exact) mass is 324 g/mol. The molecule has 0 aliphatic carbocycles. The molecule has 1 aliphatic heterocycles. The molecule has 0 saturated carbocycles. The molecule has 0 spiro atoms. The molecule has 0 saturated heterocycles. The maximum Gasteiger partial charge on any atom is 0.0889 e. The second-order valence-electron chi connectivity index (χ2n) is 6.52. The molecule has 122 valence electrons. The number of aryl methyl sites for hydroxylation is 2. The van der Waals surface area contributed by atoms with Gasteiger partial charge in [-0.3, -0.25) is 9.98 Å². The van der Waals surface area contributed by atoms with E-state index in [1.807, 2.05) is 24.3 Å².